The van der Waals surface area contributed by atoms with Crippen molar-refractivity contribution in [1.82, 2.24) is 5.32 Å². The third-order valence-electron chi connectivity index (χ3n) is 5.13. The van der Waals surface area contributed by atoms with E-state index >= 15 is 0 Å². The van der Waals surface area contributed by atoms with E-state index in [9.17, 15) is 18.0 Å². The number of hydrogen-bond acceptors (Lipinski definition) is 2. The average Bonchev–Trinajstić information content (AvgIpc) is 2.72. The van der Waals surface area contributed by atoms with E-state index in [4.69, 9.17) is 18.0 Å². The van der Waals surface area contributed by atoms with Crippen molar-refractivity contribution in [3.8, 4) is 12.3 Å². The molecule has 0 saturated heterocycles. The summed E-state index contributed by atoms with van der Waals surface area (Å²) in [5.74, 6) is 1.95. The lowest BCUT2D eigenvalue weighted by Crippen LogP contribution is -2.30. The van der Waals surface area contributed by atoms with Crippen molar-refractivity contribution >= 4 is 23.2 Å². The molecule has 0 saturated carbocycles. The van der Waals surface area contributed by atoms with Gasteiger partial charge in [-0.25, -0.2) is 0 Å². The summed E-state index contributed by atoms with van der Waals surface area (Å²) >= 11 is 6.15. The van der Waals surface area contributed by atoms with Gasteiger partial charge in [0.15, 0.2) is 0 Å². The predicted octanol–water partition coefficient (Wildman–Crippen LogP) is 6.62. The van der Waals surface area contributed by atoms with Crippen LogP contribution in [0.4, 0.5) is 13.2 Å². The van der Waals surface area contributed by atoms with Crippen molar-refractivity contribution in [2.24, 2.45) is 10.9 Å². The Morgan fingerprint density at radius 2 is 1.97 bits per heavy atom. The number of carbonyl (C=O) groups is 1. The number of benzene rings is 1. The molecule has 0 aliphatic carbocycles. The molecular formula is C25H30ClF3N2O. The third kappa shape index (κ3) is 7.56. The van der Waals surface area contributed by atoms with E-state index in [2.05, 4.69) is 16.2 Å². The van der Waals surface area contributed by atoms with Crippen molar-refractivity contribution in [2.75, 3.05) is 13.6 Å². The van der Waals surface area contributed by atoms with Crippen LogP contribution in [0, 0.1) is 18.3 Å². The number of amides is 1. The summed E-state index contributed by atoms with van der Waals surface area (Å²) in [5, 5.41) is 2.88. The SMILES string of the molecule is C#C/C=C(\C(CN=C(C)c1cc(C(F)(F)F)ccc1Cl)=C(C)C)C(CCCC)C(=O)NC. The van der Waals surface area contributed by atoms with Crippen LogP contribution >= 0.6 is 11.6 Å². The van der Waals surface area contributed by atoms with E-state index in [-0.39, 0.29) is 23.0 Å². The Morgan fingerprint density at radius 1 is 1.31 bits per heavy atom. The number of hydrogen-bond donors (Lipinski definition) is 1. The number of terminal acetylenes is 1. The van der Waals surface area contributed by atoms with Crippen LogP contribution in [0.5, 0.6) is 0 Å². The summed E-state index contributed by atoms with van der Waals surface area (Å²) in [6, 6.07) is 3.16. The van der Waals surface area contributed by atoms with E-state index in [1.54, 1.807) is 20.0 Å². The first kappa shape index (κ1) is 27.5. The average molecular weight is 467 g/mol. The molecule has 1 atom stereocenters. The highest BCUT2D eigenvalue weighted by Gasteiger charge is 2.31. The molecule has 1 amide bonds. The molecule has 0 aliphatic rings. The van der Waals surface area contributed by atoms with Crippen molar-refractivity contribution in [1.29, 1.82) is 0 Å². The van der Waals surface area contributed by atoms with Crippen molar-refractivity contribution in [3.05, 3.63) is 57.1 Å². The summed E-state index contributed by atoms with van der Waals surface area (Å²) < 4.78 is 39.4. The Morgan fingerprint density at radius 3 is 2.47 bits per heavy atom. The lowest BCUT2D eigenvalue weighted by Gasteiger charge is -2.22. The second-order valence-corrected chi connectivity index (χ2v) is 8.06. The normalized spacial score (nSPS) is 13.4. The number of nitrogens with one attached hydrogen (secondary N) is 1. The van der Waals surface area contributed by atoms with Crippen LogP contribution in [0.3, 0.4) is 0 Å². The maximum Gasteiger partial charge on any atom is 0.416 e. The number of aliphatic imine (C=N–C) groups is 1. The predicted molar refractivity (Wildman–Crippen MR) is 126 cm³/mol. The van der Waals surface area contributed by atoms with Gasteiger partial charge in [-0.3, -0.25) is 9.79 Å². The van der Waals surface area contributed by atoms with Crippen LogP contribution in [0.15, 0.2) is 46.0 Å². The van der Waals surface area contributed by atoms with Crippen molar-refractivity contribution in [2.45, 2.75) is 53.1 Å². The minimum atomic E-state index is -4.48. The van der Waals surface area contributed by atoms with Gasteiger partial charge in [-0.05, 0) is 62.6 Å². The Bertz CT molecular complexity index is 949. The van der Waals surface area contributed by atoms with Gasteiger partial charge in [0.2, 0.25) is 5.91 Å². The summed E-state index contributed by atoms with van der Waals surface area (Å²) in [4.78, 5) is 17.1. The highest BCUT2D eigenvalue weighted by Crippen LogP contribution is 2.32. The number of alkyl halides is 3. The molecule has 0 radical (unpaired) electrons. The topological polar surface area (TPSA) is 41.5 Å². The zero-order valence-corrected chi connectivity index (χ0v) is 19.9. The molecule has 0 bridgehead atoms. The fourth-order valence-corrected chi connectivity index (χ4v) is 3.55. The number of allylic oxidation sites excluding steroid dienone is 2. The van der Waals surface area contributed by atoms with Crippen LogP contribution < -0.4 is 5.32 Å². The lowest BCUT2D eigenvalue weighted by atomic mass is 9.85. The van der Waals surface area contributed by atoms with Gasteiger partial charge < -0.3 is 5.32 Å². The van der Waals surface area contributed by atoms with Crippen LogP contribution in [0.2, 0.25) is 5.02 Å². The smallest absolute Gasteiger partial charge is 0.359 e. The van der Waals surface area contributed by atoms with Gasteiger partial charge in [-0.2, -0.15) is 13.2 Å². The largest absolute Gasteiger partial charge is 0.416 e. The number of carbonyl (C=O) groups excluding carboxylic acids is 1. The molecule has 1 aromatic rings. The zero-order valence-electron chi connectivity index (χ0n) is 19.2. The Labute approximate surface area is 193 Å². The van der Waals surface area contributed by atoms with Gasteiger partial charge in [-0.15, -0.1) is 6.42 Å². The molecule has 0 fully saturated rings. The molecule has 0 spiro atoms. The first-order chi connectivity index (χ1) is 15.0. The van der Waals surface area contributed by atoms with E-state index in [1.807, 2.05) is 20.8 Å². The first-order valence-electron chi connectivity index (χ1n) is 10.4. The van der Waals surface area contributed by atoms with Crippen LogP contribution in [-0.2, 0) is 11.0 Å². The lowest BCUT2D eigenvalue weighted by molar-refractivity contribution is -0.137. The van der Waals surface area contributed by atoms with Crippen LogP contribution in [-0.4, -0.2) is 25.2 Å². The zero-order chi connectivity index (χ0) is 24.5. The highest BCUT2D eigenvalue weighted by atomic mass is 35.5. The molecule has 3 nitrogen and oxygen atoms in total. The maximum atomic E-state index is 13.1. The molecule has 0 aliphatic heterocycles. The number of halogens is 4. The molecule has 1 N–H and O–H groups in total. The Balaban J connectivity index is 3.40. The fourth-order valence-electron chi connectivity index (χ4n) is 3.30. The summed E-state index contributed by atoms with van der Waals surface area (Å²) in [6.07, 6.45) is 5.06. The van der Waals surface area contributed by atoms with E-state index in [0.29, 0.717) is 17.7 Å². The number of unbranched alkanes of at least 4 members (excludes halogenated alkanes) is 1. The minimum absolute atomic E-state index is 0.139. The summed E-state index contributed by atoms with van der Waals surface area (Å²) in [5.41, 5.74) is 2.20. The second kappa shape index (κ2) is 12.5. The van der Waals surface area contributed by atoms with Gasteiger partial charge in [0, 0.05) is 23.3 Å². The number of nitrogens with zero attached hydrogens (tertiary/aromatic N) is 1. The van der Waals surface area contributed by atoms with Gasteiger partial charge in [0.05, 0.1) is 18.0 Å². The fraction of sp³-hybridized carbons (Fsp3) is 0.440. The van der Waals surface area contributed by atoms with E-state index in [1.165, 1.54) is 6.07 Å². The summed E-state index contributed by atoms with van der Waals surface area (Å²) in [7, 11) is 1.58. The quantitative estimate of drug-likeness (QED) is 0.248. The van der Waals surface area contributed by atoms with Gasteiger partial charge in [0.1, 0.15) is 0 Å². The molecule has 0 heterocycles. The van der Waals surface area contributed by atoms with E-state index in [0.717, 1.165) is 36.1 Å². The van der Waals surface area contributed by atoms with Crippen LogP contribution in [0.1, 0.15) is 58.1 Å². The Hall–Kier alpha value is -2.52. The first-order valence-corrected chi connectivity index (χ1v) is 10.8. The van der Waals surface area contributed by atoms with Gasteiger partial charge in [0.25, 0.3) is 0 Å². The van der Waals surface area contributed by atoms with E-state index < -0.39 is 17.7 Å². The molecule has 1 unspecified atom stereocenters. The molecule has 0 aromatic heterocycles. The second-order valence-electron chi connectivity index (χ2n) is 7.65. The standard InChI is InChI=1S/C25H30ClF3N2O/c1-7-9-11-20(24(32)30-6)19(10-8-2)22(16(3)4)15-31-17(5)21-14-18(25(27,28)29)12-13-23(21)26/h2,10,12-14,20H,7,9,11,15H2,1,3-6H3,(H,30,32)/b19-10-,31-17?. The molecule has 1 aromatic carbocycles. The minimum Gasteiger partial charge on any atom is -0.359 e. The molecular weight excluding hydrogens is 437 g/mol. The monoisotopic (exact) mass is 466 g/mol. The van der Waals surface area contributed by atoms with Gasteiger partial charge >= 0.3 is 6.18 Å². The summed E-state index contributed by atoms with van der Waals surface area (Å²) in [6.45, 7) is 7.60. The molecule has 7 heteroatoms. The molecule has 32 heavy (non-hydrogen) atoms. The molecule has 1 rings (SSSR count). The Kier molecular flexibility index (Phi) is 10.7. The van der Waals surface area contributed by atoms with Crippen molar-refractivity contribution < 1.29 is 18.0 Å². The molecule has 174 valence electrons. The van der Waals surface area contributed by atoms with Crippen LogP contribution in [0.25, 0.3) is 0 Å². The maximum absolute atomic E-state index is 13.1. The van der Waals surface area contributed by atoms with Gasteiger partial charge in [-0.1, -0.05) is 42.9 Å². The number of rotatable bonds is 9. The highest BCUT2D eigenvalue weighted by molar-refractivity contribution is 6.34. The third-order valence-corrected chi connectivity index (χ3v) is 5.46. The van der Waals surface area contributed by atoms with Crippen molar-refractivity contribution in [3.63, 3.8) is 0 Å².